The molecule has 0 spiro atoms. The van der Waals surface area contributed by atoms with Gasteiger partial charge in [0.2, 0.25) is 0 Å². The standard InChI is InChI=1S/C13H20N2O2S/c1-15-9-11(8-14-15)3-6-18-10-13(4-5-13)7-12(16)17-2/h8-9H,3-7,10H2,1-2H3. The molecule has 5 heteroatoms. The number of thioether (sulfide) groups is 1. The minimum absolute atomic E-state index is 0.0691. The van der Waals surface area contributed by atoms with E-state index in [0.29, 0.717) is 6.42 Å². The van der Waals surface area contributed by atoms with E-state index in [2.05, 4.69) is 11.3 Å². The fourth-order valence-electron chi connectivity index (χ4n) is 2.01. The van der Waals surface area contributed by atoms with Gasteiger partial charge in [0.1, 0.15) is 0 Å². The maximum absolute atomic E-state index is 11.3. The van der Waals surface area contributed by atoms with E-state index in [4.69, 9.17) is 4.74 Å². The maximum atomic E-state index is 11.3. The molecular weight excluding hydrogens is 248 g/mol. The summed E-state index contributed by atoms with van der Waals surface area (Å²) in [6, 6.07) is 0. The molecular formula is C13H20N2O2S. The average molecular weight is 268 g/mol. The second kappa shape index (κ2) is 5.78. The Labute approximate surface area is 112 Å². The topological polar surface area (TPSA) is 44.1 Å². The Kier molecular flexibility index (Phi) is 4.32. The lowest BCUT2D eigenvalue weighted by Crippen LogP contribution is -2.13. The number of carbonyl (C=O) groups excluding carboxylic acids is 1. The largest absolute Gasteiger partial charge is 0.469 e. The van der Waals surface area contributed by atoms with E-state index in [-0.39, 0.29) is 11.4 Å². The van der Waals surface area contributed by atoms with Crippen LogP contribution in [0, 0.1) is 5.41 Å². The first-order chi connectivity index (χ1) is 8.63. The predicted molar refractivity (Wildman–Crippen MR) is 72.5 cm³/mol. The first-order valence-electron chi connectivity index (χ1n) is 6.26. The van der Waals surface area contributed by atoms with Gasteiger partial charge in [0.25, 0.3) is 0 Å². The summed E-state index contributed by atoms with van der Waals surface area (Å²) < 4.78 is 6.58. The zero-order valence-corrected chi connectivity index (χ0v) is 11.8. The lowest BCUT2D eigenvalue weighted by molar-refractivity contribution is -0.141. The van der Waals surface area contributed by atoms with Crippen molar-refractivity contribution in [1.29, 1.82) is 0 Å². The quantitative estimate of drug-likeness (QED) is 0.561. The Bertz CT molecular complexity index is 413. The van der Waals surface area contributed by atoms with Gasteiger partial charge >= 0.3 is 5.97 Å². The zero-order chi connectivity index (χ0) is 13.0. The highest BCUT2D eigenvalue weighted by atomic mass is 32.2. The molecule has 0 bridgehead atoms. The second-order valence-corrected chi connectivity index (χ2v) is 6.18. The van der Waals surface area contributed by atoms with E-state index in [1.807, 2.05) is 29.7 Å². The number of esters is 1. The molecule has 0 N–H and O–H groups in total. The number of carbonyl (C=O) groups is 1. The number of ether oxygens (including phenoxy) is 1. The molecule has 100 valence electrons. The smallest absolute Gasteiger partial charge is 0.306 e. The lowest BCUT2D eigenvalue weighted by atomic mass is 10.1. The van der Waals surface area contributed by atoms with E-state index in [0.717, 1.165) is 17.9 Å². The van der Waals surface area contributed by atoms with Crippen LogP contribution in [0.15, 0.2) is 12.4 Å². The van der Waals surface area contributed by atoms with E-state index >= 15 is 0 Å². The van der Waals surface area contributed by atoms with Crippen LogP contribution in [0.1, 0.15) is 24.8 Å². The van der Waals surface area contributed by atoms with E-state index in [1.165, 1.54) is 25.5 Å². The van der Waals surface area contributed by atoms with Crippen molar-refractivity contribution in [2.45, 2.75) is 25.7 Å². The van der Waals surface area contributed by atoms with Crippen molar-refractivity contribution in [1.82, 2.24) is 9.78 Å². The van der Waals surface area contributed by atoms with Crippen molar-refractivity contribution in [3.8, 4) is 0 Å². The highest BCUT2D eigenvalue weighted by molar-refractivity contribution is 7.99. The number of nitrogens with zero attached hydrogens (tertiary/aromatic N) is 2. The van der Waals surface area contributed by atoms with Gasteiger partial charge in [-0.25, -0.2) is 0 Å². The van der Waals surface area contributed by atoms with Gasteiger partial charge in [0.05, 0.1) is 19.7 Å². The monoisotopic (exact) mass is 268 g/mol. The summed E-state index contributed by atoms with van der Waals surface area (Å²) in [4.78, 5) is 11.3. The number of rotatable bonds is 7. The van der Waals surface area contributed by atoms with Crippen LogP contribution in [-0.2, 0) is 23.0 Å². The molecule has 0 amide bonds. The summed E-state index contributed by atoms with van der Waals surface area (Å²) in [6.45, 7) is 0. The van der Waals surface area contributed by atoms with Crippen molar-refractivity contribution in [3.05, 3.63) is 18.0 Å². The van der Waals surface area contributed by atoms with Gasteiger partial charge in [-0.05, 0) is 41.7 Å². The molecule has 0 atom stereocenters. The third-order valence-electron chi connectivity index (χ3n) is 3.41. The van der Waals surface area contributed by atoms with E-state index in [9.17, 15) is 4.79 Å². The number of hydrogen-bond acceptors (Lipinski definition) is 4. The summed E-state index contributed by atoms with van der Waals surface area (Å²) in [5.74, 6) is 2.09. The Morgan fingerprint density at radius 2 is 2.39 bits per heavy atom. The molecule has 1 aliphatic rings. The van der Waals surface area contributed by atoms with Crippen LogP contribution in [-0.4, -0.2) is 34.4 Å². The first kappa shape index (κ1) is 13.5. The number of aromatic nitrogens is 2. The maximum Gasteiger partial charge on any atom is 0.306 e. The third kappa shape index (κ3) is 3.77. The summed E-state index contributed by atoms with van der Waals surface area (Å²) in [6.07, 6.45) is 7.95. The predicted octanol–water partition coefficient (Wildman–Crippen LogP) is 2.04. The Morgan fingerprint density at radius 3 is 2.94 bits per heavy atom. The summed E-state index contributed by atoms with van der Waals surface area (Å²) in [7, 11) is 3.40. The van der Waals surface area contributed by atoms with E-state index < -0.39 is 0 Å². The van der Waals surface area contributed by atoms with Crippen molar-refractivity contribution >= 4 is 17.7 Å². The molecule has 1 aliphatic carbocycles. The molecule has 1 fully saturated rings. The Morgan fingerprint density at radius 1 is 1.61 bits per heavy atom. The highest BCUT2D eigenvalue weighted by Gasteiger charge is 2.44. The molecule has 0 saturated heterocycles. The molecule has 1 heterocycles. The van der Waals surface area contributed by atoms with Crippen LogP contribution in [0.3, 0.4) is 0 Å². The van der Waals surface area contributed by atoms with Crippen LogP contribution in [0.4, 0.5) is 0 Å². The second-order valence-electron chi connectivity index (χ2n) is 5.08. The summed E-state index contributed by atoms with van der Waals surface area (Å²) >= 11 is 1.93. The minimum Gasteiger partial charge on any atom is -0.469 e. The van der Waals surface area contributed by atoms with Gasteiger partial charge in [0.15, 0.2) is 0 Å². The molecule has 0 radical (unpaired) electrons. The fourth-order valence-corrected chi connectivity index (χ4v) is 3.36. The lowest BCUT2D eigenvalue weighted by Gasteiger charge is -2.12. The van der Waals surface area contributed by atoms with Gasteiger partial charge in [-0.15, -0.1) is 0 Å². The van der Waals surface area contributed by atoms with Gasteiger partial charge in [0, 0.05) is 13.2 Å². The van der Waals surface area contributed by atoms with Gasteiger partial charge in [-0.3, -0.25) is 9.48 Å². The highest BCUT2D eigenvalue weighted by Crippen LogP contribution is 2.51. The van der Waals surface area contributed by atoms with Crippen molar-refractivity contribution in [2.24, 2.45) is 12.5 Å². The molecule has 0 aromatic carbocycles. The van der Waals surface area contributed by atoms with Gasteiger partial charge in [-0.2, -0.15) is 16.9 Å². The van der Waals surface area contributed by atoms with E-state index in [1.54, 1.807) is 0 Å². The summed E-state index contributed by atoms with van der Waals surface area (Å²) in [5, 5.41) is 4.15. The molecule has 1 aromatic rings. The normalized spacial score (nSPS) is 16.6. The van der Waals surface area contributed by atoms with Crippen molar-refractivity contribution in [2.75, 3.05) is 18.6 Å². The Hall–Kier alpha value is -0.970. The molecule has 0 aliphatic heterocycles. The van der Waals surface area contributed by atoms with Gasteiger partial charge in [-0.1, -0.05) is 0 Å². The fraction of sp³-hybridized carbons (Fsp3) is 0.692. The minimum atomic E-state index is -0.0691. The number of methoxy groups -OCH3 is 1. The average Bonchev–Trinajstić information content (AvgIpc) is 2.98. The number of aryl methyl sites for hydroxylation is 2. The molecule has 1 saturated carbocycles. The van der Waals surface area contributed by atoms with Crippen LogP contribution in [0.25, 0.3) is 0 Å². The van der Waals surface area contributed by atoms with Crippen LogP contribution in [0.2, 0.25) is 0 Å². The molecule has 4 nitrogen and oxygen atoms in total. The van der Waals surface area contributed by atoms with Crippen LogP contribution < -0.4 is 0 Å². The molecule has 0 unspecified atom stereocenters. The molecule has 1 aromatic heterocycles. The Balaban J connectivity index is 1.65. The number of hydrogen-bond donors (Lipinski definition) is 0. The first-order valence-corrected chi connectivity index (χ1v) is 7.41. The van der Waals surface area contributed by atoms with Crippen molar-refractivity contribution < 1.29 is 9.53 Å². The van der Waals surface area contributed by atoms with Crippen molar-refractivity contribution in [3.63, 3.8) is 0 Å². The van der Waals surface area contributed by atoms with Crippen LogP contribution >= 0.6 is 11.8 Å². The van der Waals surface area contributed by atoms with Crippen LogP contribution in [0.5, 0.6) is 0 Å². The molecule has 2 rings (SSSR count). The third-order valence-corrected chi connectivity index (χ3v) is 4.72. The molecule has 18 heavy (non-hydrogen) atoms. The zero-order valence-electron chi connectivity index (χ0n) is 11.0. The summed E-state index contributed by atoms with van der Waals surface area (Å²) in [5.41, 5.74) is 1.52. The van der Waals surface area contributed by atoms with Gasteiger partial charge < -0.3 is 4.74 Å². The SMILES string of the molecule is COC(=O)CC1(CSCCc2cnn(C)c2)CC1.